The Morgan fingerprint density at radius 2 is 2.08 bits per heavy atom. The van der Waals surface area contributed by atoms with Crippen LogP contribution in [0.5, 0.6) is 5.75 Å². The van der Waals surface area contributed by atoms with E-state index in [0.717, 1.165) is 18.1 Å². The van der Waals surface area contributed by atoms with Crippen molar-refractivity contribution in [3.8, 4) is 5.75 Å². The predicted octanol–water partition coefficient (Wildman–Crippen LogP) is 3.54. The van der Waals surface area contributed by atoms with E-state index < -0.39 is 0 Å². The molecule has 1 saturated heterocycles. The van der Waals surface area contributed by atoms with Gasteiger partial charge in [0, 0.05) is 17.0 Å². The molecule has 0 aromatic heterocycles. The van der Waals surface area contributed by atoms with Gasteiger partial charge in [-0.05, 0) is 77.6 Å². The Morgan fingerprint density at radius 3 is 2.88 bits per heavy atom. The molecule has 2 aliphatic carbocycles. The molecule has 130 valence electrons. The zero-order valence-electron chi connectivity index (χ0n) is 15.3. The van der Waals surface area contributed by atoms with Gasteiger partial charge in [0.15, 0.2) is 0 Å². The Labute approximate surface area is 145 Å². The molecule has 2 heterocycles. The molecule has 1 aromatic carbocycles. The second-order valence-electron chi connectivity index (χ2n) is 9.32. The summed E-state index contributed by atoms with van der Waals surface area (Å²) >= 11 is 0. The summed E-state index contributed by atoms with van der Waals surface area (Å²) in [5.41, 5.74) is 3.15. The topological polar surface area (TPSA) is 21.7 Å². The fourth-order valence-electron chi connectivity index (χ4n) is 6.24. The van der Waals surface area contributed by atoms with Crippen LogP contribution in [0.2, 0.25) is 0 Å². The van der Waals surface area contributed by atoms with Crippen molar-refractivity contribution in [3.63, 3.8) is 0 Å². The van der Waals surface area contributed by atoms with Gasteiger partial charge in [-0.25, -0.2) is 0 Å². The molecule has 0 amide bonds. The molecular formula is C21H29NO2. The van der Waals surface area contributed by atoms with Gasteiger partial charge in [-0.2, -0.15) is 0 Å². The summed E-state index contributed by atoms with van der Waals surface area (Å²) in [6.45, 7) is 7.69. The van der Waals surface area contributed by atoms with Crippen LogP contribution in [0.15, 0.2) is 18.2 Å². The van der Waals surface area contributed by atoms with Gasteiger partial charge in [0.2, 0.25) is 0 Å². The van der Waals surface area contributed by atoms with Crippen LogP contribution in [0.1, 0.15) is 51.2 Å². The first-order valence-electron chi connectivity index (χ1n) is 9.57. The maximum Gasteiger partial charge on any atom is 0.135 e. The summed E-state index contributed by atoms with van der Waals surface area (Å²) in [6.07, 6.45) is 5.20. The van der Waals surface area contributed by atoms with Gasteiger partial charge in [-0.1, -0.05) is 12.1 Å². The molecule has 3 nitrogen and oxygen atoms in total. The van der Waals surface area contributed by atoms with Crippen LogP contribution < -0.4 is 4.74 Å². The van der Waals surface area contributed by atoms with Crippen molar-refractivity contribution >= 4 is 0 Å². The van der Waals surface area contributed by atoms with Crippen LogP contribution in [0.4, 0.5) is 0 Å². The van der Waals surface area contributed by atoms with Gasteiger partial charge in [0.1, 0.15) is 11.9 Å². The van der Waals surface area contributed by atoms with E-state index in [4.69, 9.17) is 9.47 Å². The molecule has 1 spiro atoms. The molecule has 1 unspecified atom stereocenters. The van der Waals surface area contributed by atoms with Gasteiger partial charge in [0.25, 0.3) is 0 Å². The smallest absolute Gasteiger partial charge is 0.135 e. The molecular weight excluding hydrogens is 298 g/mol. The molecule has 0 radical (unpaired) electrons. The first-order chi connectivity index (χ1) is 11.4. The minimum absolute atomic E-state index is 0.116. The van der Waals surface area contributed by atoms with Crippen molar-refractivity contribution in [2.24, 2.45) is 5.92 Å². The highest BCUT2D eigenvalue weighted by Crippen LogP contribution is 2.62. The molecule has 24 heavy (non-hydrogen) atoms. The van der Waals surface area contributed by atoms with Crippen molar-refractivity contribution in [1.29, 1.82) is 0 Å². The molecule has 4 aliphatic rings. The van der Waals surface area contributed by atoms with Gasteiger partial charge < -0.3 is 14.4 Å². The molecule has 5 rings (SSSR count). The average molecular weight is 327 g/mol. The number of piperidine rings is 1. The monoisotopic (exact) mass is 327 g/mol. The second-order valence-corrected chi connectivity index (χ2v) is 9.32. The van der Waals surface area contributed by atoms with Gasteiger partial charge >= 0.3 is 0 Å². The van der Waals surface area contributed by atoms with Crippen LogP contribution in [-0.4, -0.2) is 42.3 Å². The van der Waals surface area contributed by atoms with Gasteiger partial charge in [-0.15, -0.1) is 0 Å². The van der Waals surface area contributed by atoms with Gasteiger partial charge in [0.05, 0.1) is 11.7 Å². The molecule has 1 aromatic rings. The fraction of sp³-hybridized carbons (Fsp3) is 0.714. The van der Waals surface area contributed by atoms with Crippen molar-refractivity contribution in [2.75, 3.05) is 13.6 Å². The largest absolute Gasteiger partial charge is 0.486 e. The Hall–Kier alpha value is -1.06. The predicted molar refractivity (Wildman–Crippen MR) is 94.6 cm³/mol. The van der Waals surface area contributed by atoms with E-state index in [-0.39, 0.29) is 23.2 Å². The van der Waals surface area contributed by atoms with Gasteiger partial charge in [-0.3, -0.25) is 0 Å². The van der Waals surface area contributed by atoms with E-state index in [2.05, 4.69) is 50.9 Å². The third-order valence-electron chi connectivity index (χ3n) is 6.94. The number of hydrogen-bond acceptors (Lipinski definition) is 3. The fourth-order valence-corrected chi connectivity index (χ4v) is 6.24. The maximum absolute atomic E-state index is 6.63. The summed E-state index contributed by atoms with van der Waals surface area (Å²) < 4.78 is 13.1. The standard InChI is InChI=1S/C21H29NO2/c1-20(2,3)24-17-9-8-14-15-12-13-6-5-7-16-18(13)21(14,19(17)23-16)10-11-22(15)4/h5-7,14-15,17,19H,8-12H2,1-4H3/t14?,15-,17+,19+,21+/m1/s1. The minimum Gasteiger partial charge on any atom is -0.486 e. The second kappa shape index (κ2) is 4.76. The van der Waals surface area contributed by atoms with E-state index in [9.17, 15) is 0 Å². The summed E-state index contributed by atoms with van der Waals surface area (Å²) in [4.78, 5) is 2.60. The minimum atomic E-state index is -0.116. The molecule has 0 N–H and O–H groups in total. The summed E-state index contributed by atoms with van der Waals surface area (Å²) in [7, 11) is 2.31. The average Bonchev–Trinajstić information content (AvgIpc) is 2.85. The SMILES string of the molecule is CN1CC[C@]23c4c5cccc4O[C@H]2[C@@H](OC(C)(C)C)CCC3[C@H]1C5. The van der Waals surface area contributed by atoms with Crippen LogP contribution >= 0.6 is 0 Å². The van der Waals surface area contributed by atoms with Crippen molar-refractivity contribution in [2.45, 2.75) is 75.7 Å². The van der Waals surface area contributed by atoms with Crippen LogP contribution in [0, 0.1) is 5.92 Å². The number of likely N-dealkylation sites (tertiary alicyclic amines) is 1. The van der Waals surface area contributed by atoms with E-state index in [0.29, 0.717) is 6.04 Å². The van der Waals surface area contributed by atoms with Crippen molar-refractivity contribution < 1.29 is 9.47 Å². The number of ether oxygens (including phenoxy) is 2. The molecule has 2 fully saturated rings. The van der Waals surface area contributed by atoms with E-state index in [1.54, 1.807) is 5.56 Å². The van der Waals surface area contributed by atoms with Crippen molar-refractivity contribution in [3.05, 3.63) is 29.3 Å². The van der Waals surface area contributed by atoms with E-state index in [1.807, 2.05) is 0 Å². The lowest BCUT2D eigenvalue weighted by Gasteiger charge is -2.59. The zero-order valence-corrected chi connectivity index (χ0v) is 15.3. The summed E-state index contributed by atoms with van der Waals surface area (Å²) in [5, 5.41) is 0. The van der Waals surface area contributed by atoms with Crippen LogP contribution in [0.25, 0.3) is 0 Å². The zero-order chi connectivity index (χ0) is 16.7. The highest BCUT2D eigenvalue weighted by molar-refractivity contribution is 5.55. The third-order valence-corrected chi connectivity index (χ3v) is 6.94. The number of hydrogen-bond donors (Lipinski definition) is 0. The highest BCUT2D eigenvalue weighted by Gasteiger charge is 2.65. The number of rotatable bonds is 1. The molecule has 1 saturated carbocycles. The Kier molecular flexibility index (Phi) is 3.02. The quantitative estimate of drug-likeness (QED) is 0.787. The van der Waals surface area contributed by atoms with E-state index in [1.165, 1.54) is 31.4 Å². The molecule has 5 atom stereocenters. The number of likely N-dealkylation sites (N-methyl/N-ethyl adjacent to an activating group) is 1. The summed E-state index contributed by atoms with van der Waals surface area (Å²) in [6, 6.07) is 7.37. The first kappa shape index (κ1) is 15.2. The normalized spacial score (nSPS) is 40.2. The summed E-state index contributed by atoms with van der Waals surface area (Å²) in [5.74, 6) is 1.87. The Balaban J connectivity index is 1.65. The Bertz CT molecular complexity index is 679. The number of benzene rings is 1. The van der Waals surface area contributed by atoms with Crippen LogP contribution in [-0.2, 0) is 16.6 Å². The lowest BCUT2D eigenvalue weighted by molar-refractivity contribution is -0.161. The third kappa shape index (κ3) is 1.86. The molecule has 2 bridgehead atoms. The number of nitrogens with zero attached hydrogens (tertiary/aromatic N) is 1. The van der Waals surface area contributed by atoms with Crippen LogP contribution in [0.3, 0.4) is 0 Å². The van der Waals surface area contributed by atoms with Crippen molar-refractivity contribution in [1.82, 2.24) is 4.90 Å². The molecule has 3 heteroatoms. The lowest BCUT2D eigenvalue weighted by Crippen LogP contribution is -2.66. The highest BCUT2D eigenvalue weighted by atomic mass is 16.6. The first-order valence-corrected chi connectivity index (χ1v) is 9.57. The lowest BCUT2D eigenvalue weighted by atomic mass is 9.51. The Morgan fingerprint density at radius 1 is 1.25 bits per heavy atom. The molecule has 2 aliphatic heterocycles. The van der Waals surface area contributed by atoms with E-state index >= 15 is 0 Å². The maximum atomic E-state index is 6.63.